The van der Waals surface area contributed by atoms with Crippen molar-refractivity contribution in [3.8, 4) is 0 Å². The van der Waals surface area contributed by atoms with Crippen LogP contribution < -0.4 is 0 Å². The molecule has 5 nitrogen and oxygen atoms in total. The Hall–Kier alpha value is -1.82. The van der Waals surface area contributed by atoms with Crippen molar-refractivity contribution in [2.75, 3.05) is 6.26 Å². The van der Waals surface area contributed by atoms with Gasteiger partial charge in [-0.25, -0.2) is 8.42 Å². The smallest absolute Gasteiger partial charge is 0.306 e. The Morgan fingerprint density at radius 2 is 2.00 bits per heavy atom. The average Bonchev–Trinajstić information content (AvgIpc) is 2.62. The first-order chi connectivity index (χ1) is 9.62. The molecule has 0 saturated heterocycles. The summed E-state index contributed by atoms with van der Waals surface area (Å²) in [7, 11) is -1.39. The summed E-state index contributed by atoms with van der Waals surface area (Å²) in [6.07, 6.45) is 1.55. The van der Waals surface area contributed by atoms with E-state index in [1.165, 1.54) is 6.26 Å². The molecule has 6 heteroatoms. The Bertz CT molecular complexity index is 818. The highest BCUT2D eigenvalue weighted by Gasteiger charge is 2.19. The van der Waals surface area contributed by atoms with Gasteiger partial charge in [-0.15, -0.1) is 0 Å². The predicted octanol–water partition coefficient (Wildman–Crippen LogP) is 2.15. The fourth-order valence-electron chi connectivity index (χ4n) is 2.51. The molecule has 0 aliphatic heterocycles. The van der Waals surface area contributed by atoms with Gasteiger partial charge in [0, 0.05) is 29.9 Å². The number of aryl methyl sites for hydroxylation is 1. The molecule has 21 heavy (non-hydrogen) atoms. The van der Waals surface area contributed by atoms with Gasteiger partial charge in [-0.1, -0.05) is 6.92 Å². The molecule has 0 bridgehead atoms. The van der Waals surface area contributed by atoms with Crippen molar-refractivity contribution in [3.63, 3.8) is 0 Å². The summed E-state index contributed by atoms with van der Waals surface area (Å²) in [5, 5.41) is 9.91. The predicted molar refractivity (Wildman–Crippen MR) is 81.3 cm³/mol. The lowest BCUT2D eigenvalue weighted by atomic mass is 9.99. The summed E-state index contributed by atoms with van der Waals surface area (Å²) < 4.78 is 25.4. The van der Waals surface area contributed by atoms with Crippen molar-refractivity contribution in [2.24, 2.45) is 13.0 Å². The Kier molecular flexibility index (Phi) is 3.84. The van der Waals surface area contributed by atoms with E-state index in [4.69, 9.17) is 5.11 Å². The van der Waals surface area contributed by atoms with Crippen molar-refractivity contribution in [2.45, 2.75) is 25.2 Å². The van der Waals surface area contributed by atoms with Crippen molar-refractivity contribution < 1.29 is 18.3 Å². The molecular weight excluding hydrogens is 290 g/mol. The summed E-state index contributed by atoms with van der Waals surface area (Å²) >= 11 is 0. The van der Waals surface area contributed by atoms with Crippen LogP contribution in [-0.4, -0.2) is 30.3 Å². The molecule has 1 N–H and O–H groups in total. The SMILES string of the molecule is Cc1c(CC(C)C(=O)O)c2cc(S(C)(=O)=O)ccc2n1C. The number of aliphatic carboxylic acids is 1. The van der Waals surface area contributed by atoms with Crippen molar-refractivity contribution in [1.29, 1.82) is 0 Å². The van der Waals surface area contributed by atoms with E-state index in [9.17, 15) is 13.2 Å². The quantitative estimate of drug-likeness (QED) is 0.939. The molecule has 1 aromatic carbocycles. The van der Waals surface area contributed by atoms with E-state index in [1.807, 2.05) is 18.5 Å². The maximum atomic E-state index is 11.7. The molecule has 0 aliphatic carbocycles. The zero-order chi connectivity index (χ0) is 15.9. The fourth-order valence-corrected chi connectivity index (χ4v) is 3.16. The second kappa shape index (κ2) is 5.18. The monoisotopic (exact) mass is 309 g/mol. The van der Waals surface area contributed by atoms with Crippen molar-refractivity contribution in [3.05, 3.63) is 29.5 Å². The lowest BCUT2D eigenvalue weighted by Crippen LogP contribution is -2.12. The number of rotatable bonds is 4. The second-order valence-electron chi connectivity index (χ2n) is 5.52. The van der Waals surface area contributed by atoms with E-state index in [0.717, 1.165) is 22.2 Å². The van der Waals surface area contributed by atoms with Gasteiger partial charge in [0.25, 0.3) is 0 Å². The molecule has 0 saturated carbocycles. The Morgan fingerprint density at radius 1 is 1.38 bits per heavy atom. The highest BCUT2D eigenvalue weighted by molar-refractivity contribution is 7.90. The molecule has 1 unspecified atom stereocenters. The van der Waals surface area contributed by atoms with Crippen LogP contribution in [0.4, 0.5) is 0 Å². The second-order valence-corrected chi connectivity index (χ2v) is 7.53. The van der Waals surface area contributed by atoms with Crippen molar-refractivity contribution >= 4 is 26.7 Å². The molecule has 0 radical (unpaired) electrons. The Labute approximate surface area is 124 Å². The molecule has 0 spiro atoms. The van der Waals surface area contributed by atoms with Gasteiger partial charge in [0.05, 0.1) is 10.8 Å². The van der Waals surface area contributed by atoms with Crippen LogP contribution in [0.2, 0.25) is 0 Å². The molecule has 1 aromatic heterocycles. The summed E-state index contributed by atoms with van der Waals surface area (Å²) in [4.78, 5) is 11.3. The van der Waals surface area contributed by atoms with Gasteiger partial charge in [-0.2, -0.15) is 0 Å². The van der Waals surface area contributed by atoms with Gasteiger partial charge >= 0.3 is 5.97 Å². The van der Waals surface area contributed by atoms with Gasteiger partial charge in [-0.05, 0) is 37.1 Å². The average molecular weight is 309 g/mol. The van der Waals surface area contributed by atoms with Crippen LogP contribution in [0, 0.1) is 12.8 Å². The van der Waals surface area contributed by atoms with Gasteiger partial charge in [0.1, 0.15) is 0 Å². The third-order valence-corrected chi connectivity index (χ3v) is 5.06. The molecule has 0 fully saturated rings. The van der Waals surface area contributed by atoms with E-state index in [0.29, 0.717) is 6.42 Å². The number of aromatic nitrogens is 1. The number of nitrogens with zero attached hydrogens (tertiary/aromatic N) is 1. The van der Waals surface area contributed by atoms with Crippen molar-refractivity contribution in [1.82, 2.24) is 4.57 Å². The molecule has 114 valence electrons. The van der Waals surface area contributed by atoms with E-state index in [2.05, 4.69) is 0 Å². The van der Waals surface area contributed by atoms with Gasteiger partial charge in [0.2, 0.25) is 0 Å². The van der Waals surface area contributed by atoms with Crippen LogP contribution in [0.3, 0.4) is 0 Å². The number of sulfone groups is 1. The molecule has 0 aliphatic rings. The number of fused-ring (bicyclic) bond motifs is 1. The van der Waals surface area contributed by atoms with Gasteiger partial charge in [0.15, 0.2) is 9.84 Å². The fraction of sp³-hybridized carbons (Fsp3) is 0.400. The maximum absolute atomic E-state index is 11.7. The minimum absolute atomic E-state index is 0.254. The topological polar surface area (TPSA) is 76.4 Å². The van der Waals surface area contributed by atoms with Gasteiger partial charge < -0.3 is 9.67 Å². The maximum Gasteiger partial charge on any atom is 0.306 e. The highest BCUT2D eigenvalue weighted by Crippen LogP contribution is 2.29. The van der Waals surface area contributed by atoms with Crippen LogP contribution in [0.1, 0.15) is 18.2 Å². The summed E-state index contributed by atoms with van der Waals surface area (Å²) in [5.41, 5.74) is 2.77. The molecule has 1 atom stereocenters. The zero-order valence-corrected chi connectivity index (χ0v) is 13.4. The van der Waals surface area contributed by atoms with Crippen LogP contribution in [-0.2, 0) is 28.1 Å². The van der Waals surface area contributed by atoms with Gasteiger partial charge in [-0.3, -0.25) is 4.79 Å². The third kappa shape index (κ3) is 2.81. The lowest BCUT2D eigenvalue weighted by Gasteiger charge is -2.07. The number of carbonyl (C=O) groups is 1. The van der Waals surface area contributed by atoms with Crippen LogP contribution >= 0.6 is 0 Å². The van der Waals surface area contributed by atoms with Crippen LogP contribution in [0.15, 0.2) is 23.1 Å². The molecule has 0 amide bonds. The van der Waals surface area contributed by atoms with E-state index in [-0.39, 0.29) is 4.90 Å². The van der Waals surface area contributed by atoms with E-state index >= 15 is 0 Å². The summed E-state index contributed by atoms with van der Waals surface area (Å²) in [5.74, 6) is -1.37. The minimum atomic E-state index is -3.29. The first kappa shape index (κ1) is 15.6. The molecular formula is C15H19NO4S. The third-order valence-electron chi connectivity index (χ3n) is 3.95. The van der Waals surface area contributed by atoms with E-state index < -0.39 is 21.7 Å². The van der Waals surface area contributed by atoms with Crippen LogP contribution in [0.5, 0.6) is 0 Å². The first-order valence-corrected chi connectivity index (χ1v) is 8.53. The Balaban J connectivity index is 2.68. The van der Waals surface area contributed by atoms with E-state index in [1.54, 1.807) is 25.1 Å². The number of hydrogen-bond acceptors (Lipinski definition) is 3. The number of benzene rings is 1. The number of hydrogen-bond donors (Lipinski definition) is 1. The Morgan fingerprint density at radius 3 is 2.52 bits per heavy atom. The van der Waals surface area contributed by atoms with Crippen LogP contribution in [0.25, 0.3) is 10.9 Å². The standard InChI is InChI=1S/C15H19NO4S/c1-9(15(17)18)7-12-10(2)16(3)14-6-5-11(8-13(12)14)21(4,19)20/h5-6,8-9H,7H2,1-4H3,(H,17,18). The highest BCUT2D eigenvalue weighted by atomic mass is 32.2. The minimum Gasteiger partial charge on any atom is -0.481 e. The summed E-state index contributed by atoms with van der Waals surface area (Å²) in [6.45, 7) is 3.57. The number of carboxylic acid groups (broad SMARTS) is 1. The largest absolute Gasteiger partial charge is 0.481 e. The zero-order valence-electron chi connectivity index (χ0n) is 12.5. The summed E-state index contributed by atoms with van der Waals surface area (Å²) in [6, 6.07) is 5.00. The molecule has 2 rings (SSSR count). The molecule has 1 heterocycles. The number of carboxylic acids is 1. The normalized spacial score (nSPS) is 13.5. The first-order valence-electron chi connectivity index (χ1n) is 6.63. The molecule has 2 aromatic rings. The lowest BCUT2D eigenvalue weighted by molar-refractivity contribution is -0.141.